The summed E-state index contributed by atoms with van der Waals surface area (Å²) in [5.41, 5.74) is 2.33. The Kier molecular flexibility index (Phi) is 0.992. The average molecular weight is 135 g/mol. The maximum absolute atomic E-state index is 8.50. The highest BCUT2D eigenvalue weighted by Crippen LogP contribution is 2.19. The lowest BCUT2D eigenvalue weighted by Crippen LogP contribution is -1.83. The molecule has 2 rings (SSSR count). The van der Waals surface area contributed by atoms with Crippen molar-refractivity contribution in [3.63, 3.8) is 0 Å². The molecule has 0 saturated carbocycles. The second-order valence-corrected chi connectivity index (χ2v) is 2.13. The third kappa shape index (κ3) is 0.552. The number of aromatic nitrogens is 2. The minimum atomic E-state index is 0.465. The third-order valence-electron chi connectivity index (χ3n) is 1.55. The van der Waals surface area contributed by atoms with Gasteiger partial charge in [0.25, 0.3) is 0 Å². The van der Waals surface area contributed by atoms with Crippen molar-refractivity contribution in [2.24, 2.45) is 0 Å². The first-order valence-corrected chi connectivity index (χ1v) is 2.96. The topological polar surface area (TPSA) is 61.7 Å². The van der Waals surface area contributed by atoms with Gasteiger partial charge >= 0.3 is 0 Å². The molecule has 1 aromatic rings. The van der Waals surface area contributed by atoms with Crippen LogP contribution < -0.4 is 0 Å². The lowest BCUT2D eigenvalue weighted by atomic mass is 10.2. The molecule has 0 bridgehead atoms. The van der Waals surface area contributed by atoms with Crippen LogP contribution >= 0.6 is 0 Å². The summed E-state index contributed by atoms with van der Waals surface area (Å²) in [6, 6.07) is 1.98. The van der Waals surface area contributed by atoms with Crippen molar-refractivity contribution >= 4 is 0 Å². The molecule has 4 nitrogen and oxygen atoms in total. The fraction of sp³-hybridized carbons (Fsp3) is 0.333. The summed E-state index contributed by atoms with van der Waals surface area (Å²) in [6.07, 6.45) is 0. The summed E-state index contributed by atoms with van der Waals surface area (Å²) >= 11 is 0. The number of aromatic amines is 1. The lowest BCUT2D eigenvalue weighted by Gasteiger charge is -1.84. The lowest BCUT2D eigenvalue weighted by molar-refractivity contribution is 0.131. The maximum Gasteiger partial charge on any atom is 0.168 e. The van der Waals surface area contributed by atoms with E-state index in [0.29, 0.717) is 18.9 Å². The van der Waals surface area contributed by atoms with E-state index in [1.807, 2.05) is 6.07 Å². The van der Waals surface area contributed by atoms with E-state index in [-0.39, 0.29) is 0 Å². The maximum atomic E-state index is 8.50. The number of ether oxygens (including phenoxy) is 1. The van der Waals surface area contributed by atoms with Crippen molar-refractivity contribution in [3.8, 4) is 6.07 Å². The summed E-state index contributed by atoms with van der Waals surface area (Å²) < 4.78 is 5.08. The van der Waals surface area contributed by atoms with E-state index in [0.717, 1.165) is 11.3 Å². The molecular weight excluding hydrogens is 130 g/mol. The molecule has 2 heterocycles. The minimum Gasteiger partial charge on any atom is -0.370 e. The smallest absolute Gasteiger partial charge is 0.168 e. The predicted octanol–water partition coefficient (Wildman–Crippen LogP) is 0.312. The van der Waals surface area contributed by atoms with Crippen LogP contribution in [0.4, 0.5) is 0 Å². The van der Waals surface area contributed by atoms with Crippen LogP contribution in [0.1, 0.15) is 17.0 Å². The van der Waals surface area contributed by atoms with Crippen molar-refractivity contribution in [3.05, 3.63) is 17.0 Å². The van der Waals surface area contributed by atoms with Gasteiger partial charge in [0.15, 0.2) is 5.69 Å². The molecule has 0 aliphatic carbocycles. The van der Waals surface area contributed by atoms with E-state index < -0.39 is 0 Å². The van der Waals surface area contributed by atoms with E-state index >= 15 is 0 Å². The van der Waals surface area contributed by atoms with Crippen LogP contribution in [0.3, 0.4) is 0 Å². The number of hydrogen-bond acceptors (Lipinski definition) is 3. The summed E-state index contributed by atoms with van der Waals surface area (Å²) in [4.78, 5) is 0. The first-order valence-electron chi connectivity index (χ1n) is 2.96. The third-order valence-corrected chi connectivity index (χ3v) is 1.55. The Morgan fingerprint density at radius 3 is 3.30 bits per heavy atom. The molecule has 0 spiro atoms. The Labute approximate surface area is 57.4 Å². The van der Waals surface area contributed by atoms with E-state index in [1.54, 1.807) is 0 Å². The van der Waals surface area contributed by atoms with Gasteiger partial charge in [-0.05, 0) is 0 Å². The van der Waals surface area contributed by atoms with Gasteiger partial charge < -0.3 is 4.74 Å². The standard InChI is InChI=1S/C6H5N3O/c7-1-5-4-2-10-3-6(4)9-8-5/h2-3H2,(H,8,9). The number of H-pyrrole nitrogens is 1. The van der Waals surface area contributed by atoms with Crippen LogP contribution in [-0.2, 0) is 18.0 Å². The summed E-state index contributed by atoms with van der Waals surface area (Å²) in [5, 5.41) is 15.0. The van der Waals surface area contributed by atoms with E-state index in [1.165, 1.54) is 0 Å². The summed E-state index contributed by atoms with van der Waals surface area (Å²) in [6.45, 7) is 1.08. The predicted molar refractivity (Wildman–Crippen MR) is 31.8 cm³/mol. The monoisotopic (exact) mass is 135 g/mol. The number of hydrogen-bond donors (Lipinski definition) is 1. The molecule has 1 aliphatic heterocycles. The highest BCUT2D eigenvalue weighted by atomic mass is 16.5. The molecule has 1 N–H and O–H groups in total. The molecule has 1 aromatic heterocycles. The van der Waals surface area contributed by atoms with Gasteiger partial charge in [0.2, 0.25) is 0 Å². The highest BCUT2D eigenvalue weighted by Gasteiger charge is 2.18. The van der Waals surface area contributed by atoms with Gasteiger partial charge in [0.1, 0.15) is 6.07 Å². The molecule has 50 valence electrons. The number of rotatable bonds is 0. The Balaban J connectivity index is 2.57. The number of nitriles is 1. The molecule has 4 heteroatoms. The van der Waals surface area contributed by atoms with Crippen LogP contribution in [0.5, 0.6) is 0 Å². The van der Waals surface area contributed by atoms with Crippen LogP contribution in [-0.4, -0.2) is 10.2 Å². The van der Waals surface area contributed by atoms with Crippen molar-refractivity contribution in [1.29, 1.82) is 5.26 Å². The molecule has 0 unspecified atom stereocenters. The molecule has 0 fully saturated rings. The fourth-order valence-electron chi connectivity index (χ4n) is 1.02. The van der Waals surface area contributed by atoms with Gasteiger partial charge in [0.05, 0.1) is 18.9 Å². The van der Waals surface area contributed by atoms with Crippen molar-refractivity contribution in [2.75, 3.05) is 0 Å². The Bertz CT molecular complexity index is 296. The second kappa shape index (κ2) is 1.82. The van der Waals surface area contributed by atoms with E-state index in [9.17, 15) is 0 Å². The zero-order chi connectivity index (χ0) is 6.97. The zero-order valence-corrected chi connectivity index (χ0v) is 5.22. The van der Waals surface area contributed by atoms with E-state index in [4.69, 9.17) is 10.00 Å². The zero-order valence-electron chi connectivity index (χ0n) is 5.22. The van der Waals surface area contributed by atoms with Crippen molar-refractivity contribution in [2.45, 2.75) is 13.2 Å². The largest absolute Gasteiger partial charge is 0.370 e. The Morgan fingerprint density at radius 1 is 1.60 bits per heavy atom. The molecule has 0 aromatic carbocycles. The average Bonchev–Trinajstić information content (AvgIpc) is 2.44. The first-order chi connectivity index (χ1) is 4.92. The van der Waals surface area contributed by atoms with Gasteiger partial charge in [-0.2, -0.15) is 10.4 Å². The van der Waals surface area contributed by atoms with Crippen molar-refractivity contribution in [1.82, 2.24) is 10.2 Å². The first kappa shape index (κ1) is 5.45. The molecule has 0 amide bonds. The number of nitrogens with one attached hydrogen (secondary N) is 1. The number of nitrogens with zero attached hydrogens (tertiary/aromatic N) is 2. The fourth-order valence-corrected chi connectivity index (χ4v) is 1.02. The van der Waals surface area contributed by atoms with Gasteiger partial charge in [-0.15, -0.1) is 0 Å². The minimum absolute atomic E-state index is 0.465. The molecule has 10 heavy (non-hydrogen) atoms. The van der Waals surface area contributed by atoms with Crippen LogP contribution in [0.25, 0.3) is 0 Å². The normalized spacial score (nSPS) is 14.7. The second-order valence-electron chi connectivity index (χ2n) is 2.13. The Hall–Kier alpha value is -1.34. The molecule has 0 saturated heterocycles. The summed E-state index contributed by atoms with van der Waals surface area (Å²) in [7, 11) is 0. The van der Waals surface area contributed by atoms with Crippen LogP contribution in [0.15, 0.2) is 0 Å². The highest BCUT2D eigenvalue weighted by molar-refractivity contribution is 5.34. The van der Waals surface area contributed by atoms with Gasteiger partial charge in [-0.25, -0.2) is 0 Å². The molecule has 0 atom stereocenters. The molecular formula is C6H5N3O. The van der Waals surface area contributed by atoms with E-state index in [2.05, 4.69) is 10.2 Å². The number of fused-ring (bicyclic) bond motifs is 1. The molecule has 0 radical (unpaired) electrons. The summed E-state index contributed by atoms with van der Waals surface area (Å²) in [5.74, 6) is 0. The van der Waals surface area contributed by atoms with Gasteiger partial charge in [-0.1, -0.05) is 0 Å². The van der Waals surface area contributed by atoms with Gasteiger partial charge in [-0.3, -0.25) is 5.10 Å². The molecule has 1 aliphatic rings. The van der Waals surface area contributed by atoms with Gasteiger partial charge in [0, 0.05) is 5.56 Å². The quantitative estimate of drug-likeness (QED) is 0.557. The van der Waals surface area contributed by atoms with Crippen LogP contribution in [0.2, 0.25) is 0 Å². The SMILES string of the molecule is N#Cc1n[nH]c2c1COC2. The Morgan fingerprint density at radius 2 is 2.50 bits per heavy atom. The van der Waals surface area contributed by atoms with Crippen LogP contribution in [0, 0.1) is 11.3 Å². The van der Waals surface area contributed by atoms with Crippen molar-refractivity contribution < 1.29 is 4.74 Å².